The van der Waals surface area contributed by atoms with Crippen LogP contribution in [0.1, 0.15) is 173 Å². The molecule has 7 aromatic carbocycles. The average Bonchev–Trinajstić information content (AvgIpc) is 4.25. The van der Waals surface area contributed by atoms with E-state index in [4.69, 9.17) is 4.42 Å². The molecule has 2 aliphatic heterocycles. The predicted molar refractivity (Wildman–Crippen MR) is 336 cm³/mol. The molecule has 5 heterocycles. The quantitative estimate of drug-likeness (QED) is 0.161. The third-order valence-electron chi connectivity index (χ3n) is 20.3. The number of nitrogens with zero attached hydrogens (tertiary/aromatic N) is 2. The summed E-state index contributed by atoms with van der Waals surface area (Å²) in [6.07, 6.45) is 8.30. The highest BCUT2D eigenvalue weighted by Gasteiger charge is 2.50. The minimum absolute atomic E-state index is 0.0178. The summed E-state index contributed by atoms with van der Waals surface area (Å²) in [6.45, 7) is 34.0. The van der Waals surface area contributed by atoms with Crippen molar-refractivity contribution in [1.82, 2.24) is 0 Å². The van der Waals surface area contributed by atoms with Crippen molar-refractivity contribution in [2.24, 2.45) is 0 Å². The fraction of sp³-hybridized carbons (Fsp3) is 0.380. The first-order valence-corrected chi connectivity index (χ1v) is 30.5. The lowest BCUT2D eigenvalue weighted by Gasteiger charge is -2.46. The highest BCUT2D eigenvalue weighted by atomic mass is 32.1. The first-order valence-electron chi connectivity index (χ1n) is 28.9. The summed E-state index contributed by atoms with van der Waals surface area (Å²) in [6, 6.07) is 41.9. The van der Waals surface area contributed by atoms with Crippen LogP contribution in [-0.2, 0) is 38.9 Å². The molecule has 6 heteroatoms. The number of aryl methyl sites for hydroxylation is 2. The zero-order valence-corrected chi connectivity index (χ0v) is 49.6. The molecule has 15 rings (SSSR count). The Morgan fingerprint density at radius 1 is 0.532 bits per heavy atom. The van der Waals surface area contributed by atoms with Gasteiger partial charge in [-0.3, -0.25) is 0 Å². The van der Waals surface area contributed by atoms with Crippen molar-refractivity contribution in [3.63, 3.8) is 0 Å². The Hall–Kier alpha value is -5.82. The van der Waals surface area contributed by atoms with Crippen LogP contribution < -0.4 is 20.0 Å². The molecule has 0 spiro atoms. The third-order valence-corrected chi connectivity index (χ3v) is 22.6. The fourth-order valence-electron chi connectivity index (χ4n) is 15.4. The monoisotopic (exact) mass is 1040 g/mol. The number of rotatable bonds is 2. The molecule has 0 amide bonds. The maximum Gasteiger partial charge on any atom is 0.343 e. The lowest BCUT2D eigenvalue weighted by atomic mass is 9.46. The van der Waals surface area contributed by atoms with Crippen LogP contribution in [0.5, 0.6) is 0 Å². The third kappa shape index (κ3) is 6.73. The second-order valence-corrected chi connectivity index (χ2v) is 30.9. The zero-order valence-electron chi connectivity index (χ0n) is 48.0. The van der Waals surface area contributed by atoms with Crippen molar-refractivity contribution >= 4 is 120 Å². The molecule has 0 bridgehead atoms. The van der Waals surface area contributed by atoms with Gasteiger partial charge in [-0.15, -0.1) is 22.7 Å². The Balaban J connectivity index is 1.12. The highest BCUT2D eigenvalue weighted by Crippen LogP contribution is 2.58. The van der Waals surface area contributed by atoms with Crippen LogP contribution in [0.25, 0.3) is 63.3 Å². The van der Waals surface area contributed by atoms with Crippen LogP contribution in [0.4, 0.5) is 28.4 Å². The Morgan fingerprint density at radius 3 is 1.83 bits per heavy atom. The molecule has 0 radical (unpaired) electrons. The molecule has 10 aromatic rings. The summed E-state index contributed by atoms with van der Waals surface area (Å²) in [5.41, 5.74) is 24.4. The van der Waals surface area contributed by atoms with Gasteiger partial charge in [0.1, 0.15) is 11.2 Å². The SMILES string of the molecule is Cc1cc2c(cc1N1c3cc4c(oc5ccccc54)c4c3B(c3sc5cc6c(cc5c31)CCCC6(C)C)N(c1ccc(C(C)(C)C)cc1)c1cc3sc5cc6c(cc5c3cc1-4)C(C)(C)CCC6(C)C)C(C)(C)CCC2(C)C. The summed E-state index contributed by atoms with van der Waals surface area (Å²) in [5.74, 6) is 0. The summed E-state index contributed by atoms with van der Waals surface area (Å²) in [5, 5.41) is 6.45. The predicted octanol–water partition coefficient (Wildman–Crippen LogP) is 19.8. The van der Waals surface area contributed by atoms with Crippen molar-refractivity contribution in [3.05, 3.63) is 148 Å². The van der Waals surface area contributed by atoms with E-state index in [0.717, 1.165) is 24.0 Å². The summed E-state index contributed by atoms with van der Waals surface area (Å²) < 4.78 is 12.9. The summed E-state index contributed by atoms with van der Waals surface area (Å²) in [7, 11) is 0. The van der Waals surface area contributed by atoms with E-state index in [0.29, 0.717) is 0 Å². The molecular weight excluding hydrogens is 972 g/mol. The van der Waals surface area contributed by atoms with Gasteiger partial charge in [0.2, 0.25) is 0 Å². The largest absolute Gasteiger partial charge is 0.455 e. The molecule has 0 atom stereocenters. The molecule has 0 fully saturated rings. The van der Waals surface area contributed by atoms with Crippen LogP contribution in [0.15, 0.2) is 108 Å². The van der Waals surface area contributed by atoms with E-state index in [1.54, 1.807) is 0 Å². The van der Waals surface area contributed by atoms with Crippen molar-refractivity contribution in [2.45, 2.75) is 174 Å². The average molecular weight is 1050 g/mol. The van der Waals surface area contributed by atoms with Gasteiger partial charge in [-0.2, -0.15) is 0 Å². The molecule has 0 saturated heterocycles. The van der Waals surface area contributed by atoms with Gasteiger partial charge in [0.15, 0.2) is 0 Å². The summed E-state index contributed by atoms with van der Waals surface area (Å²) in [4.78, 5) is 5.54. The van der Waals surface area contributed by atoms with Gasteiger partial charge in [0, 0.05) is 79.7 Å². The van der Waals surface area contributed by atoms with Gasteiger partial charge in [0.25, 0.3) is 0 Å². The molecule has 3 nitrogen and oxygen atoms in total. The van der Waals surface area contributed by atoms with E-state index in [1.807, 2.05) is 22.7 Å². The Morgan fingerprint density at radius 2 is 1.13 bits per heavy atom. The van der Waals surface area contributed by atoms with Crippen LogP contribution in [0, 0.1) is 6.92 Å². The van der Waals surface area contributed by atoms with E-state index in [2.05, 4.69) is 210 Å². The number of hydrogen-bond acceptors (Lipinski definition) is 5. The lowest BCUT2D eigenvalue weighted by Crippen LogP contribution is -2.60. The molecule has 3 aliphatic carbocycles. The second-order valence-electron chi connectivity index (χ2n) is 28.7. The number of furan rings is 1. The molecule has 5 aliphatic rings. The maximum absolute atomic E-state index is 7.37. The normalized spacial score (nSPS) is 19.4. The molecule has 0 unspecified atom stereocenters. The Bertz CT molecular complexity index is 4240. The van der Waals surface area contributed by atoms with Crippen LogP contribution >= 0.6 is 22.7 Å². The molecule has 77 heavy (non-hydrogen) atoms. The van der Waals surface area contributed by atoms with Crippen molar-refractivity contribution in [2.75, 3.05) is 9.71 Å². The standard InChI is InChI=1S/C71H73BN2OS2/c1-39-30-50-52(70(11,12)28-26-68(50,7)8)35-54(39)73-56-34-46-43-19-15-16-20-57(43)75-64(46)61-47-32-44-45-33-51-53(71(13,14)29-27-69(51,9)10)37-58(45)76-60(44)38-55(47)74(42-23-21-41(22-24-42)66(2,3)4)72(62(56)61)65-63(73)48-31-40-18-17-25-67(5,6)49(40)36-59(48)77-65/h15-16,19-24,30-38H,17-18,25-29H2,1-14H3. The van der Waals surface area contributed by atoms with Crippen molar-refractivity contribution in [3.8, 4) is 11.1 Å². The van der Waals surface area contributed by atoms with Gasteiger partial charge in [-0.25, -0.2) is 0 Å². The maximum atomic E-state index is 7.37. The van der Waals surface area contributed by atoms with E-state index >= 15 is 0 Å². The second kappa shape index (κ2) is 15.5. The smallest absolute Gasteiger partial charge is 0.343 e. The number of benzene rings is 7. The first-order chi connectivity index (χ1) is 36.4. The van der Waals surface area contributed by atoms with E-state index in [9.17, 15) is 0 Å². The highest BCUT2D eigenvalue weighted by molar-refractivity contribution is 7.32. The molecule has 0 N–H and O–H groups in total. The Kier molecular flexibility index (Phi) is 9.73. The number of thiophene rings is 2. The number of fused-ring (bicyclic) bond motifs is 16. The van der Waals surface area contributed by atoms with Gasteiger partial charge in [-0.05, 0) is 201 Å². The molecular formula is C71H73BN2OS2. The first kappa shape index (κ1) is 48.3. The summed E-state index contributed by atoms with van der Waals surface area (Å²) >= 11 is 4.03. The number of hydrogen-bond donors (Lipinski definition) is 0. The van der Waals surface area contributed by atoms with Crippen molar-refractivity contribution < 1.29 is 4.42 Å². The minimum atomic E-state index is -0.131. The minimum Gasteiger partial charge on any atom is -0.455 e. The van der Waals surface area contributed by atoms with Gasteiger partial charge in [-0.1, -0.05) is 126 Å². The van der Waals surface area contributed by atoms with Crippen molar-refractivity contribution in [1.29, 1.82) is 0 Å². The molecule has 3 aromatic heterocycles. The lowest BCUT2D eigenvalue weighted by molar-refractivity contribution is 0.332. The number of para-hydroxylation sites is 1. The van der Waals surface area contributed by atoms with E-state index in [-0.39, 0.29) is 39.3 Å². The van der Waals surface area contributed by atoms with Gasteiger partial charge < -0.3 is 14.1 Å². The topological polar surface area (TPSA) is 19.6 Å². The van der Waals surface area contributed by atoms with Crippen LogP contribution in [-0.4, -0.2) is 6.85 Å². The molecule has 388 valence electrons. The van der Waals surface area contributed by atoms with Crippen LogP contribution in [0.2, 0.25) is 0 Å². The van der Waals surface area contributed by atoms with E-state index in [1.165, 1.54) is 167 Å². The molecule has 0 saturated carbocycles. The van der Waals surface area contributed by atoms with Crippen LogP contribution in [0.3, 0.4) is 0 Å². The van der Waals surface area contributed by atoms with Gasteiger partial charge in [0.05, 0.1) is 5.69 Å². The van der Waals surface area contributed by atoms with E-state index < -0.39 is 0 Å². The number of anilines is 5. The van der Waals surface area contributed by atoms with Gasteiger partial charge >= 0.3 is 6.85 Å². The fourth-order valence-corrected chi connectivity index (χ4v) is 17.9. The zero-order chi connectivity index (χ0) is 53.4. The Labute approximate surface area is 464 Å².